The number of hydrogen-bond donors (Lipinski definition) is 5. The maximum absolute atomic E-state index is 13.7. The maximum atomic E-state index is 13.7. The Labute approximate surface area is 262 Å². The summed E-state index contributed by atoms with van der Waals surface area (Å²) in [4.78, 5) is 64.5. The molecule has 46 heavy (non-hydrogen) atoms. The van der Waals surface area contributed by atoms with Gasteiger partial charge >= 0.3 is 11.9 Å². The average Bonchev–Trinajstić information content (AvgIpc) is 3.39. The maximum Gasteiger partial charge on any atom is 0.331 e. The van der Waals surface area contributed by atoms with Gasteiger partial charge in [0.1, 0.15) is 35.4 Å². The molecule has 242 valence electrons. The van der Waals surface area contributed by atoms with E-state index in [-0.39, 0.29) is 46.6 Å². The number of methoxy groups -OCH3 is 1. The lowest BCUT2D eigenvalue weighted by Gasteiger charge is -2.41. The molecule has 0 aromatic heterocycles. The minimum atomic E-state index is -1.56. The van der Waals surface area contributed by atoms with Gasteiger partial charge in [-0.25, -0.2) is 4.79 Å². The summed E-state index contributed by atoms with van der Waals surface area (Å²) in [5.74, 6) is -6.35. The highest BCUT2D eigenvalue weighted by Crippen LogP contribution is 2.68. The van der Waals surface area contributed by atoms with Crippen molar-refractivity contribution in [1.29, 1.82) is 0 Å². The number of aliphatic carboxylic acids is 1. The number of carboxylic acids is 1. The molecule has 13 nitrogen and oxygen atoms in total. The average molecular weight is 637 g/mol. The molecule has 1 saturated heterocycles. The molecule has 1 saturated carbocycles. The van der Waals surface area contributed by atoms with E-state index in [1.54, 1.807) is 6.92 Å². The van der Waals surface area contributed by atoms with Crippen LogP contribution < -0.4 is 0 Å². The highest BCUT2D eigenvalue weighted by atomic mass is 16.7. The fourth-order valence-electron chi connectivity index (χ4n) is 7.21. The van der Waals surface area contributed by atoms with Gasteiger partial charge in [-0.2, -0.15) is 0 Å². The summed E-state index contributed by atoms with van der Waals surface area (Å²) in [6.07, 6.45) is -0.158. The number of ketones is 2. The van der Waals surface area contributed by atoms with E-state index in [1.807, 2.05) is 0 Å². The van der Waals surface area contributed by atoms with Gasteiger partial charge in [-0.05, 0) is 62.1 Å². The molecule has 3 aliphatic rings. The van der Waals surface area contributed by atoms with Gasteiger partial charge in [-0.15, -0.1) is 0 Å². The SMILES string of the molecule is CO[C@H]1OC(=O)[C@@]2(CC(=O)c3cc(O)ccc3O)C[C@@H]3[C@@H](C/C=C(\CC(=O)c4cc(O)ccc4O)C(=O)O)C(C=O)=CO[C@@H]3[C@@]12C. The molecule has 0 unspecified atom stereocenters. The number of esters is 1. The molecular formula is C33H32O13. The molecule has 0 bridgehead atoms. The minimum absolute atomic E-state index is 0.0413. The summed E-state index contributed by atoms with van der Waals surface area (Å²) in [7, 11) is 1.33. The number of carbonyl (C=O) groups excluding carboxylic acids is 4. The molecule has 13 heteroatoms. The molecule has 6 atom stereocenters. The smallest absolute Gasteiger partial charge is 0.331 e. The van der Waals surface area contributed by atoms with Crippen LogP contribution in [0.3, 0.4) is 0 Å². The first-order valence-electron chi connectivity index (χ1n) is 14.3. The highest BCUT2D eigenvalue weighted by Gasteiger charge is 2.76. The van der Waals surface area contributed by atoms with E-state index in [9.17, 15) is 49.5 Å². The summed E-state index contributed by atoms with van der Waals surface area (Å²) in [5, 5.41) is 50.0. The van der Waals surface area contributed by atoms with E-state index in [0.29, 0.717) is 6.29 Å². The van der Waals surface area contributed by atoms with Crippen molar-refractivity contribution in [1.82, 2.24) is 0 Å². The Morgan fingerprint density at radius 2 is 1.61 bits per heavy atom. The zero-order valence-corrected chi connectivity index (χ0v) is 24.8. The van der Waals surface area contributed by atoms with Gasteiger partial charge in [0.2, 0.25) is 6.29 Å². The summed E-state index contributed by atoms with van der Waals surface area (Å²) in [5.41, 5.74) is -3.50. The first-order valence-corrected chi connectivity index (χ1v) is 14.3. The van der Waals surface area contributed by atoms with E-state index >= 15 is 0 Å². The second-order valence-electron chi connectivity index (χ2n) is 12.0. The van der Waals surface area contributed by atoms with Crippen LogP contribution in [0.5, 0.6) is 23.0 Å². The summed E-state index contributed by atoms with van der Waals surface area (Å²) < 4.78 is 17.2. The van der Waals surface area contributed by atoms with Gasteiger partial charge in [0.15, 0.2) is 11.6 Å². The van der Waals surface area contributed by atoms with Crippen molar-refractivity contribution in [2.75, 3.05) is 7.11 Å². The van der Waals surface area contributed by atoms with E-state index in [4.69, 9.17) is 14.2 Å². The van der Waals surface area contributed by atoms with Gasteiger partial charge in [-0.1, -0.05) is 6.08 Å². The minimum Gasteiger partial charge on any atom is -0.508 e. The van der Waals surface area contributed by atoms with E-state index in [2.05, 4.69) is 0 Å². The van der Waals surface area contributed by atoms with Crippen molar-refractivity contribution in [3.8, 4) is 23.0 Å². The third kappa shape index (κ3) is 5.15. The number of carbonyl (C=O) groups is 5. The van der Waals surface area contributed by atoms with Gasteiger partial charge in [0, 0.05) is 37.0 Å². The van der Waals surface area contributed by atoms with E-state index in [1.165, 1.54) is 31.6 Å². The predicted octanol–water partition coefficient (Wildman–Crippen LogP) is 3.40. The number of carboxylic acid groups (broad SMARTS) is 1. The van der Waals surface area contributed by atoms with Gasteiger partial charge in [0.25, 0.3) is 0 Å². The Kier molecular flexibility index (Phi) is 8.39. The number of allylic oxidation sites excluding steroid dienone is 2. The van der Waals surface area contributed by atoms with Crippen LogP contribution in [0.25, 0.3) is 0 Å². The largest absolute Gasteiger partial charge is 0.508 e. The number of aldehydes is 1. The second-order valence-corrected chi connectivity index (χ2v) is 12.0. The molecule has 5 rings (SSSR count). The summed E-state index contributed by atoms with van der Waals surface area (Å²) in [6, 6.07) is 6.74. The lowest BCUT2D eigenvalue weighted by Crippen LogP contribution is -2.50. The molecule has 2 fully saturated rings. The second kappa shape index (κ2) is 12.0. The number of Topliss-reactive ketones (excluding diaryl/α,β-unsaturated/α-hetero) is 2. The standard InChI is InChI=1S/C33H32O13/c1-32-28-23(12-33(32,30(43)46-31(32)44-2)13-27(40)22-11-19(36)5-8-25(22)38)20(17(14-34)15-45-28)6-3-16(29(41)42)9-26(39)21-10-18(35)4-7-24(21)37/h3-5,7-8,10-11,14-15,20,23,28,31,35-38H,6,9,12-13H2,1-2H3,(H,41,42)/b16-3+/t20-,23+,28-,31-,32-,33-/m0/s1. The summed E-state index contributed by atoms with van der Waals surface area (Å²) >= 11 is 0. The number of benzene rings is 2. The van der Waals surface area contributed by atoms with Crippen LogP contribution in [0.15, 0.2) is 59.9 Å². The number of fused-ring (bicyclic) bond motifs is 3. The molecule has 2 heterocycles. The van der Waals surface area contributed by atoms with Crippen molar-refractivity contribution >= 4 is 29.8 Å². The van der Waals surface area contributed by atoms with Crippen LogP contribution in [0.1, 0.15) is 53.3 Å². The van der Waals surface area contributed by atoms with E-state index < -0.39 is 82.9 Å². The monoisotopic (exact) mass is 636 g/mol. The number of phenols is 4. The topological polar surface area (TPSA) is 214 Å². The normalized spacial score (nSPS) is 28.3. The van der Waals surface area contributed by atoms with Gasteiger partial charge in [0.05, 0.1) is 28.2 Å². The number of hydrogen-bond acceptors (Lipinski definition) is 12. The van der Waals surface area contributed by atoms with Crippen LogP contribution in [0, 0.1) is 22.7 Å². The van der Waals surface area contributed by atoms with Crippen molar-refractivity contribution in [2.24, 2.45) is 22.7 Å². The lowest BCUT2D eigenvalue weighted by molar-refractivity contribution is -0.185. The third-order valence-electron chi connectivity index (χ3n) is 9.60. The molecule has 0 spiro atoms. The quantitative estimate of drug-likeness (QED) is 0.0787. The molecule has 0 amide bonds. The molecule has 2 aromatic rings. The zero-order chi connectivity index (χ0) is 33.6. The van der Waals surface area contributed by atoms with Crippen LogP contribution in [0.4, 0.5) is 0 Å². The number of phenolic OH excluding ortho intramolecular Hbond substituents is 4. The molecule has 5 N–H and O–H groups in total. The zero-order valence-electron chi connectivity index (χ0n) is 24.8. The Hall–Kier alpha value is -5.17. The van der Waals surface area contributed by atoms with Crippen molar-refractivity contribution in [3.05, 3.63) is 71.0 Å². The number of cyclic esters (lactones) is 1. The molecule has 2 aromatic carbocycles. The van der Waals surface area contributed by atoms with Crippen molar-refractivity contribution in [2.45, 2.75) is 45.0 Å². The Morgan fingerprint density at radius 3 is 2.17 bits per heavy atom. The van der Waals surface area contributed by atoms with Gasteiger partial charge < -0.3 is 39.7 Å². The summed E-state index contributed by atoms with van der Waals surface area (Å²) in [6.45, 7) is 1.67. The number of rotatable bonds is 11. The Bertz CT molecular complexity index is 1690. The lowest BCUT2D eigenvalue weighted by atomic mass is 9.64. The molecule has 2 aliphatic heterocycles. The Balaban J connectivity index is 1.50. The number of ether oxygens (including phenoxy) is 3. The first-order chi connectivity index (χ1) is 21.8. The van der Waals surface area contributed by atoms with Crippen molar-refractivity contribution in [3.63, 3.8) is 0 Å². The fourth-order valence-corrected chi connectivity index (χ4v) is 7.21. The third-order valence-corrected chi connectivity index (χ3v) is 9.60. The van der Waals surface area contributed by atoms with E-state index in [0.717, 1.165) is 24.3 Å². The molecule has 1 aliphatic carbocycles. The van der Waals surface area contributed by atoms with Crippen LogP contribution >= 0.6 is 0 Å². The van der Waals surface area contributed by atoms with Gasteiger partial charge in [-0.3, -0.25) is 19.2 Å². The molecular weight excluding hydrogens is 604 g/mol. The fraction of sp³-hybridized carbons (Fsp3) is 0.364. The Morgan fingerprint density at radius 1 is 1.00 bits per heavy atom. The van der Waals surface area contributed by atoms with Crippen LogP contribution in [-0.4, -0.2) is 74.8 Å². The van der Waals surface area contributed by atoms with Crippen LogP contribution in [-0.2, 0) is 28.6 Å². The predicted molar refractivity (Wildman–Crippen MR) is 156 cm³/mol. The highest BCUT2D eigenvalue weighted by molar-refractivity contribution is 6.05. The molecule has 0 radical (unpaired) electrons. The van der Waals surface area contributed by atoms with Crippen molar-refractivity contribution < 1.29 is 63.7 Å². The first kappa shape index (κ1) is 32.2. The van der Waals surface area contributed by atoms with Crippen LogP contribution in [0.2, 0.25) is 0 Å². The number of aromatic hydroxyl groups is 4.